The van der Waals surface area contributed by atoms with Crippen LogP contribution < -0.4 is 16.0 Å². The van der Waals surface area contributed by atoms with E-state index in [4.69, 9.17) is 18.9 Å². The Morgan fingerprint density at radius 3 is 1.48 bits per heavy atom. The summed E-state index contributed by atoms with van der Waals surface area (Å²) in [5.41, 5.74) is 7.33. The third-order valence-corrected chi connectivity index (χ3v) is 6.78. The Morgan fingerprint density at radius 2 is 1.05 bits per heavy atom. The molecule has 4 N–H and O–H groups in total. The number of amides is 3. The van der Waals surface area contributed by atoms with Crippen molar-refractivity contribution in [1.29, 1.82) is 0 Å². The standard InChI is InChI=1S/C33H39N3O8/c1-18-7-19(2)11-24(10-18)34-31(38)41-17-27-16-28(43-32(39)35-25-12-20(3)8-21(4)13-25)29(30(37)42-27)44-33(40)36-26-14-22(5)9-23(6)15-26/h7-15,27-30,37H,16-17H2,1-6H3,(H,34,38)(H,35,39)(H,36,40)/t27-,28-,29+,30-/m0/s1. The van der Waals surface area contributed by atoms with E-state index in [-0.39, 0.29) is 13.0 Å². The number of aryl methyl sites for hydroxylation is 6. The third kappa shape index (κ3) is 9.45. The lowest BCUT2D eigenvalue weighted by Gasteiger charge is -2.38. The minimum absolute atomic E-state index is 0.0321. The highest BCUT2D eigenvalue weighted by Crippen LogP contribution is 2.27. The molecule has 4 rings (SSSR count). The molecule has 4 atom stereocenters. The van der Waals surface area contributed by atoms with Crippen molar-refractivity contribution in [3.63, 3.8) is 0 Å². The molecular weight excluding hydrogens is 566 g/mol. The molecule has 0 saturated carbocycles. The number of carbonyl (C=O) groups is 3. The van der Waals surface area contributed by atoms with E-state index in [1.54, 1.807) is 36.4 Å². The van der Waals surface area contributed by atoms with Crippen LogP contribution in [0, 0.1) is 41.5 Å². The van der Waals surface area contributed by atoms with E-state index in [2.05, 4.69) is 16.0 Å². The number of hydrogen-bond acceptors (Lipinski definition) is 8. The van der Waals surface area contributed by atoms with E-state index in [9.17, 15) is 19.5 Å². The van der Waals surface area contributed by atoms with Crippen molar-refractivity contribution in [3.05, 3.63) is 88.0 Å². The van der Waals surface area contributed by atoms with Gasteiger partial charge in [0.05, 0.1) is 6.10 Å². The summed E-state index contributed by atoms with van der Waals surface area (Å²) in [5, 5.41) is 18.8. The van der Waals surface area contributed by atoms with E-state index in [1.807, 2.05) is 59.7 Å². The molecule has 0 radical (unpaired) electrons. The van der Waals surface area contributed by atoms with Crippen molar-refractivity contribution in [2.75, 3.05) is 22.6 Å². The van der Waals surface area contributed by atoms with Crippen LogP contribution in [-0.2, 0) is 18.9 Å². The average Bonchev–Trinajstić information content (AvgIpc) is 2.87. The number of hydrogen-bond donors (Lipinski definition) is 4. The minimum Gasteiger partial charge on any atom is -0.447 e. The molecule has 234 valence electrons. The van der Waals surface area contributed by atoms with Crippen LogP contribution in [0.3, 0.4) is 0 Å². The lowest BCUT2D eigenvalue weighted by Crippen LogP contribution is -2.53. The predicted octanol–water partition coefficient (Wildman–Crippen LogP) is 6.43. The van der Waals surface area contributed by atoms with E-state index in [0.717, 1.165) is 33.4 Å². The van der Waals surface area contributed by atoms with Crippen LogP contribution in [0.5, 0.6) is 0 Å². The molecule has 3 aromatic carbocycles. The van der Waals surface area contributed by atoms with E-state index >= 15 is 0 Å². The number of anilines is 3. The van der Waals surface area contributed by atoms with Gasteiger partial charge in [-0.25, -0.2) is 14.4 Å². The second kappa shape index (κ2) is 14.2. The van der Waals surface area contributed by atoms with Gasteiger partial charge < -0.3 is 24.1 Å². The first-order valence-corrected chi connectivity index (χ1v) is 14.3. The van der Waals surface area contributed by atoms with E-state index in [0.29, 0.717) is 17.1 Å². The van der Waals surface area contributed by atoms with Crippen molar-refractivity contribution in [1.82, 2.24) is 0 Å². The number of aliphatic hydroxyl groups excluding tert-OH is 1. The summed E-state index contributed by atoms with van der Waals surface area (Å²) < 4.78 is 22.1. The molecule has 1 aliphatic heterocycles. The van der Waals surface area contributed by atoms with Crippen LogP contribution >= 0.6 is 0 Å². The molecule has 1 heterocycles. The Bertz CT molecular complexity index is 1460. The molecule has 1 saturated heterocycles. The molecule has 1 fully saturated rings. The lowest BCUT2D eigenvalue weighted by atomic mass is 10.0. The fourth-order valence-electron chi connectivity index (χ4n) is 5.28. The number of nitrogens with one attached hydrogen (secondary N) is 3. The van der Waals surface area contributed by atoms with Crippen molar-refractivity contribution in [3.8, 4) is 0 Å². The van der Waals surface area contributed by atoms with Gasteiger partial charge in [-0.2, -0.15) is 0 Å². The van der Waals surface area contributed by atoms with Gasteiger partial charge in [0, 0.05) is 23.5 Å². The van der Waals surface area contributed by atoms with Gasteiger partial charge in [-0.3, -0.25) is 16.0 Å². The first-order valence-electron chi connectivity index (χ1n) is 14.3. The fourth-order valence-corrected chi connectivity index (χ4v) is 5.28. The van der Waals surface area contributed by atoms with Gasteiger partial charge in [0.1, 0.15) is 12.7 Å². The highest BCUT2D eigenvalue weighted by molar-refractivity contribution is 5.86. The second-order valence-electron chi connectivity index (χ2n) is 11.3. The molecule has 1 aliphatic rings. The zero-order chi connectivity index (χ0) is 32.0. The lowest BCUT2D eigenvalue weighted by molar-refractivity contribution is -0.248. The summed E-state index contributed by atoms with van der Waals surface area (Å²) in [6.45, 7) is 11.2. The molecule has 11 heteroatoms. The summed E-state index contributed by atoms with van der Waals surface area (Å²) in [5.74, 6) is 0. The Morgan fingerprint density at radius 1 is 0.659 bits per heavy atom. The third-order valence-electron chi connectivity index (χ3n) is 6.78. The van der Waals surface area contributed by atoms with Gasteiger partial charge in [-0.1, -0.05) is 18.2 Å². The summed E-state index contributed by atoms with van der Waals surface area (Å²) >= 11 is 0. The summed E-state index contributed by atoms with van der Waals surface area (Å²) in [6, 6.07) is 16.6. The van der Waals surface area contributed by atoms with Gasteiger partial charge in [-0.05, 0) is 111 Å². The van der Waals surface area contributed by atoms with Crippen LogP contribution in [0.4, 0.5) is 31.4 Å². The first-order chi connectivity index (χ1) is 20.8. The van der Waals surface area contributed by atoms with Gasteiger partial charge >= 0.3 is 18.3 Å². The molecule has 0 aromatic heterocycles. The molecule has 0 bridgehead atoms. The molecule has 3 aromatic rings. The number of rotatable bonds is 7. The maximum Gasteiger partial charge on any atom is 0.412 e. The molecule has 3 amide bonds. The average molecular weight is 606 g/mol. The van der Waals surface area contributed by atoms with Crippen molar-refractivity contribution < 1.29 is 38.4 Å². The smallest absolute Gasteiger partial charge is 0.412 e. The quantitative estimate of drug-likeness (QED) is 0.226. The molecule has 0 unspecified atom stereocenters. The first kappa shape index (κ1) is 32.3. The topological polar surface area (TPSA) is 144 Å². The number of aliphatic hydroxyl groups is 1. The molecule has 44 heavy (non-hydrogen) atoms. The highest BCUT2D eigenvalue weighted by atomic mass is 16.7. The Kier molecular flexibility index (Phi) is 10.5. The Hall–Kier alpha value is -4.61. The molecule has 11 nitrogen and oxygen atoms in total. The van der Waals surface area contributed by atoms with Crippen LogP contribution in [0.1, 0.15) is 39.8 Å². The number of ether oxygens (including phenoxy) is 4. The zero-order valence-corrected chi connectivity index (χ0v) is 25.7. The van der Waals surface area contributed by atoms with Crippen LogP contribution in [0.15, 0.2) is 54.6 Å². The maximum absolute atomic E-state index is 12.9. The summed E-state index contributed by atoms with van der Waals surface area (Å²) in [4.78, 5) is 38.2. The maximum atomic E-state index is 12.9. The van der Waals surface area contributed by atoms with E-state index < -0.39 is 42.9 Å². The summed E-state index contributed by atoms with van der Waals surface area (Å²) in [7, 11) is 0. The number of carbonyl (C=O) groups excluding carboxylic acids is 3. The SMILES string of the molecule is Cc1cc(C)cc(NC(=O)OC[C@@H]2C[C@H](OC(=O)Nc3cc(C)cc(C)c3)[C@@H](OC(=O)Nc3cc(C)cc(C)c3)[C@@H](O)O2)c1. The number of benzene rings is 3. The second-order valence-corrected chi connectivity index (χ2v) is 11.3. The van der Waals surface area contributed by atoms with Crippen molar-refractivity contribution in [2.45, 2.75) is 72.6 Å². The molecular formula is C33H39N3O8. The predicted molar refractivity (Wildman–Crippen MR) is 166 cm³/mol. The van der Waals surface area contributed by atoms with Crippen molar-refractivity contribution >= 4 is 35.3 Å². The highest BCUT2D eigenvalue weighted by Gasteiger charge is 2.43. The van der Waals surface area contributed by atoms with Gasteiger partial charge in [0.2, 0.25) is 0 Å². The largest absolute Gasteiger partial charge is 0.447 e. The fraction of sp³-hybridized carbons (Fsp3) is 0.364. The summed E-state index contributed by atoms with van der Waals surface area (Å²) in [6.07, 6.45) is -7.48. The Balaban J connectivity index is 1.43. The molecule has 0 spiro atoms. The van der Waals surface area contributed by atoms with Crippen LogP contribution in [0.2, 0.25) is 0 Å². The normalized spacial score (nSPS) is 19.4. The van der Waals surface area contributed by atoms with Gasteiger partial charge in [0.15, 0.2) is 12.4 Å². The van der Waals surface area contributed by atoms with Gasteiger partial charge in [0.25, 0.3) is 0 Å². The zero-order valence-electron chi connectivity index (χ0n) is 25.7. The van der Waals surface area contributed by atoms with Crippen LogP contribution in [-0.4, -0.2) is 54.6 Å². The van der Waals surface area contributed by atoms with E-state index in [1.165, 1.54) is 0 Å². The Labute approximate surface area is 256 Å². The van der Waals surface area contributed by atoms with Gasteiger partial charge in [-0.15, -0.1) is 0 Å². The monoisotopic (exact) mass is 605 g/mol. The van der Waals surface area contributed by atoms with Crippen molar-refractivity contribution in [2.24, 2.45) is 0 Å². The molecule has 0 aliphatic carbocycles. The minimum atomic E-state index is -1.68. The van der Waals surface area contributed by atoms with Crippen LogP contribution in [0.25, 0.3) is 0 Å².